The molecule has 0 aliphatic heterocycles. The van der Waals surface area contributed by atoms with Crippen LogP contribution in [0.3, 0.4) is 0 Å². The normalized spacial score (nSPS) is 14.6. The third-order valence-electron chi connectivity index (χ3n) is 19.7. The lowest BCUT2D eigenvalue weighted by atomic mass is 9.95. The van der Waals surface area contributed by atoms with Gasteiger partial charge in [0.25, 0.3) is 0 Å². The maximum atomic E-state index is 14.8. The number of H-pyrrole nitrogens is 2. The van der Waals surface area contributed by atoms with E-state index in [-0.39, 0.29) is 98.8 Å². The first-order valence-electron chi connectivity index (χ1n) is 41.4. The second kappa shape index (κ2) is 53.0. The fraction of sp³-hybridized carbons (Fsp3) is 0.561. The number of nitrogens with one attached hydrogen (secondary N) is 18. The number of hydrogen-bond donors (Lipinski definition) is 24. The highest BCUT2D eigenvalue weighted by atomic mass is 16.4. The Hall–Kier alpha value is -13.1. The van der Waals surface area contributed by atoms with Crippen molar-refractivity contribution in [1.29, 1.82) is 5.41 Å². The van der Waals surface area contributed by atoms with Crippen LogP contribution in [0.15, 0.2) is 79.6 Å². The van der Waals surface area contributed by atoms with Gasteiger partial charge in [-0.3, -0.25) is 82.1 Å². The number of carboxylic acids is 2. The highest BCUT2D eigenvalue weighted by molar-refractivity contribution is 6.00. The Labute approximate surface area is 724 Å². The molecule has 2 heterocycles. The average molecular weight is 1750 g/mol. The Morgan fingerprint density at radius 2 is 0.848 bits per heavy atom. The average Bonchev–Trinajstić information content (AvgIpc) is 0.882. The van der Waals surface area contributed by atoms with Crippen molar-refractivity contribution in [2.45, 2.75) is 245 Å². The molecule has 0 radical (unpaired) electrons. The van der Waals surface area contributed by atoms with Crippen LogP contribution in [0, 0.1) is 35.0 Å². The second-order valence-electron chi connectivity index (χ2n) is 32.3. The lowest BCUT2D eigenvalue weighted by molar-refractivity contribution is -0.142. The molecule has 0 saturated carbocycles. The molecule has 0 spiro atoms. The number of aromatic amines is 2. The van der Waals surface area contributed by atoms with Crippen LogP contribution in [0.25, 0.3) is 0 Å². The number of phenolic OH excluding ortho intramolecular Hbond substituents is 1. The van der Waals surface area contributed by atoms with Gasteiger partial charge in [-0.2, -0.15) is 0 Å². The summed E-state index contributed by atoms with van der Waals surface area (Å²) < 4.78 is 0. The first-order valence-corrected chi connectivity index (χ1v) is 41.4. The van der Waals surface area contributed by atoms with Gasteiger partial charge in [0.1, 0.15) is 78.3 Å². The Bertz CT molecular complexity index is 4270. The molecule has 2 aromatic carbocycles. The number of aromatic nitrogens is 4. The number of benzene rings is 2. The predicted octanol–water partition coefficient (Wildman–Crippen LogP) is -3.18. The fourth-order valence-electron chi connectivity index (χ4n) is 12.8. The number of amides is 15. The summed E-state index contributed by atoms with van der Waals surface area (Å²) in [6.07, 6.45) is 2.66. The van der Waals surface area contributed by atoms with Crippen LogP contribution in [0.4, 0.5) is 0 Å². The number of aromatic hydroxyl groups is 1. The lowest BCUT2D eigenvalue weighted by Gasteiger charge is -2.30. The molecule has 27 N–H and O–H groups in total. The monoisotopic (exact) mass is 1750 g/mol. The van der Waals surface area contributed by atoms with Crippen molar-refractivity contribution in [2.75, 3.05) is 19.6 Å². The van der Waals surface area contributed by atoms with Crippen molar-refractivity contribution in [3.05, 3.63) is 102 Å². The molecule has 688 valence electrons. The molecular weight excluding hydrogens is 1630 g/mol. The van der Waals surface area contributed by atoms with Gasteiger partial charge in [0.15, 0.2) is 5.96 Å². The molecular formula is C82H125N23O20. The number of primary amides is 1. The second-order valence-corrected chi connectivity index (χ2v) is 32.3. The van der Waals surface area contributed by atoms with Crippen LogP contribution in [0.1, 0.15) is 163 Å². The van der Waals surface area contributed by atoms with Gasteiger partial charge < -0.3 is 122 Å². The maximum Gasteiger partial charge on any atom is 0.326 e. The molecule has 4 aromatic rings. The first-order chi connectivity index (χ1) is 58.9. The summed E-state index contributed by atoms with van der Waals surface area (Å²) in [5, 5.41) is 75.1. The van der Waals surface area contributed by atoms with Gasteiger partial charge in [0.2, 0.25) is 88.6 Å². The largest absolute Gasteiger partial charge is 0.508 e. The number of carbonyl (C=O) groups is 17. The Balaban J connectivity index is 1.55. The van der Waals surface area contributed by atoms with Crippen molar-refractivity contribution < 1.29 is 96.8 Å². The Morgan fingerprint density at radius 1 is 0.424 bits per heavy atom. The van der Waals surface area contributed by atoms with E-state index in [1.807, 2.05) is 0 Å². The molecule has 0 fully saturated rings. The number of nitrogens with two attached hydrogens (primary N) is 3. The predicted molar refractivity (Wildman–Crippen MR) is 454 cm³/mol. The third-order valence-corrected chi connectivity index (χ3v) is 19.7. The van der Waals surface area contributed by atoms with E-state index in [0.29, 0.717) is 17.5 Å². The van der Waals surface area contributed by atoms with Crippen LogP contribution in [0.5, 0.6) is 5.75 Å². The van der Waals surface area contributed by atoms with Gasteiger partial charge in [0.05, 0.1) is 43.2 Å². The minimum Gasteiger partial charge on any atom is -0.508 e. The number of phenols is 1. The van der Waals surface area contributed by atoms with Crippen LogP contribution in [0.2, 0.25) is 0 Å². The molecule has 14 atom stereocenters. The lowest BCUT2D eigenvalue weighted by Crippen LogP contribution is -2.61. The zero-order valence-electron chi connectivity index (χ0n) is 72.3. The maximum absolute atomic E-state index is 14.8. The van der Waals surface area contributed by atoms with Crippen molar-refractivity contribution in [3.63, 3.8) is 0 Å². The standard InChI is InChI=1S/C82H125N23O20/c1-12-46(10)68(80(123)103-58(30-43(4)5)74(117)97-56(81(124)125)19-16-28-89-82(85)86)105-78(121)59(31-44(6)7)100-75(118)57(29-42(2)3)99-76(119)61(34-50-36-87-40-92-50)98-69(112)47(11)94-73(116)60(33-48-17-14-13-15-18-48)101-77(120)62(35-51-37-88-41-93-51)102-72(115)55(25-27-66(110)111)96-71(114)54(24-26-63(84)107)95-65(109)39-90-64(108)38-91-79(122)67(45(8)9)104-70(113)53(83)32-49-20-22-52(106)23-21-49/h13-15,17-18,20-23,36-37,40-47,53-62,67-68,106H,12,16,19,24-35,38-39,83H2,1-11H3,(H2,84,107)(H,87,92)(H,88,93)(H,90,108)(H,91,122)(H,94,116)(H,95,109)(H,96,114)(H,97,117)(H,98,112)(H,99,119)(H,100,118)(H,101,120)(H,102,115)(H,103,123)(H,104,113)(H,105,121)(H,110,111)(H,124,125)(H4,85,86,89)/t46-,47-,53-,54-,55-,56-,57-,58-,59-,60-,61-,62-,67-,68-/m0/s1. The van der Waals surface area contributed by atoms with Crippen LogP contribution >= 0.6 is 0 Å². The SMILES string of the molecule is CC[C@H](C)[C@H](NC(=O)[C@H](CC(C)C)NC(=O)[C@H](CC(C)C)NC(=O)[C@H](Cc1c[nH]cn1)NC(=O)[C@H](C)NC(=O)[C@H](Cc1ccccc1)NC(=O)[C@H](Cc1c[nH]cn1)NC(=O)[C@H](CCC(=O)O)NC(=O)[C@H](CCC(N)=O)NC(=O)CNC(=O)CNC(=O)[C@@H](NC(=O)[C@@H](N)Cc1ccc(O)cc1)C(C)C)C(=O)N[C@@H](CC(C)C)C(=O)N[C@@H](CCCNC(=N)N)C(=O)O. The summed E-state index contributed by atoms with van der Waals surface area (Å²) in [5.41, 5.74) is 18.4. The topological polar surface area (TPSA) is 691 Å². The van der Waals surface area contributed by atoms with E-state index in [9.17, 15) is 96.8 Å². The number of carboxylic acid groups (broad SMARTS) is 2. The van der Waals surface area contributed by atoms with Crippen LogP contribution in [-0.2, 0) is 107 Å². The summed E-state index contributed by atoms with van der Waals surface area (Å²) >= 11 is 0. The van der Waals surface area contributed by atoms with E-state index in [0.717, 1.165) is 0 Å². The number of nitrogens with zero attached hydrogens (tertiary/aromatic N) is 2. The molecule has 15 amide bonds. The summed E-state index contributed by atoms with van der Waals surface area (Å²) in [6, 6.07) is -4.49. The quantitative estimate of drug-likeness (QED) is 0.0118. The van der Waals surface area contributed by atoms with Gasteiger partial charge in [-0.15, -0.1) is 0 Å². The van der Waals surface area contributed by atoms with E-state index < -0.39 is 236 Å². The number of aliphatic carboxylic acids is 2. The van der Waals surface area contributed by atoms with Crippen molar-refractivity contribution in [2.24, 2.45) is 46.8 Å². The third kappa shape index (κ3) is 38.9. The van der Waals surface area contributed by atoms with E-state index in [1.165, 1.54) is 44.1 Å². The van der Waals surface area contributed by atoms with Crippen molar-refractivity contribution in [3.8, 4) is 5.75 Å². The van der Waals surface area contributed by atoms with Crippen molar-refractivity contribution in [1.82, 2.24) is 99.7 Å². The molecule has 43 nitrogen and oxygen atoms in total. The number of imidazole rings is 2. The Kier molecular flexibility index (Phi) is 44.2. The van der Waals surface area contributed by atoms with Gasteiger partial charge in [0, 0.05) is 51.0 Å². The number of carbonyl (C=O) groups excluding carboxylic acids is 15. The van der Waals surface area contributed by atoms with E-state index in [4.69, 9.17) is 22.6 Å². The summed E-state index contributed by atoms with van der Waals surface area (Å²) in [6.45, 7) is 17.3. The van der Waals surface area contributed by atoms with E-state index >= 15 is 0 Å². The Morgan fingerprint density at radius 3 is 1.32 bits per heavy atom. The van der Waals surface area contributed by atoms with Gasteiger partial charge in [-0.25, -0.2) is 14.8 Å². The van der Waals surface area contributed by atoms with E-state index in [1.54, 1.807) is 112 Å². The molecule has 0 bridgehead atoms. The molecule has 0 aliphatic carbocycles. The zero-order valence-corrected chi connectivity index (χ0v) is 72.3. The molecule has 0 unspecified atom stereocenters. The van der Waals surface area contributed by atoms with Gasteiger partial charge >= 0.3 is 11.9 Å². The minimum absolute atomic E-state index is 0.00721. The molecule has 0 aliphatic rings. The molecule has 2 aromatic heterocycles. The van der Waals surface area contributed by atoms with Gasteiger partial charge in [-0.05, 0) is 111 Å². The van der Waals surface area contributed by atoms with Crippen LogP contribution in [-0.4, -0.2) is 240 Å². The molecule has 125 heavy (non-hydrogen) atoms. The number of guanidine groups is 1. The molecule has 43 heteroatoms. The summed E-state index contributed by atoms with van der Waals surface area (Å²) in [5.74, 6) is -18.6. The smallest absolute Gasteiger partial charge is 0.326 e. The van der Waals surface area contributed by atoms with Crippen LogP contribution < -0.4 is 97.0 Å². The number of rotatable bonds is 56. The summed E-state index contributed by atoms with van der Waals surface area (Å²) in [4.78, 5) is 248. The first kappa shape index (κ1) is 104. The number of hydrogen-bond acceptors (Lipinski definition) is 22. The molecule has 4 rings (SSSR count). The molecule has 0 saturated heterocycles. The summed E-state index contributed by atoms with van der Waals surface area (Å²) in [7, 11) is 0. The zero-order chi connectivity index (χ0) is 93.3. The highest BCUT2D eigenvalue weighted by Crippen LogP contribution is 2.18. The van der Waals surface area contributed by atoms with Gasteiger partial charge in [-0.1, -0.05) is 118 Å². The minimum atomic E-state index is -1.82. The fourth-order valence-corrected chi connectivity index (χ4v) is 12.8. The highest BCUT2D eigenvalue weighted by Gasteiger charge is 2.39. The van der Waals surface area contributed by atoms with E-state index in [2.05, 4.69) is 99.7 Å². The van der Waals surface area contributed by atoms with Crippen molar-refractivity contribution >= 4 is 107 Å².